The summed E-state index contributed by atoms with van der Waals surface area (Å²) in [5.74, 6) is -0.455. The molecule has 6 nitrogen and oxygen atoms in total. The molecule has 1 rings (SSSR count). The maximum absolute atomic E-state index is 12.3. The Hall–Kier alpha value is -2.08. The first-order chi connectivity index (χ1) is 11.7. The number of carbonyl (C=O) groups excluding carboxylic acids is 2. The van der Waals surface area contributed by atoms with Gasteiger partial charge in [0, 0.05) is 0 Å². The molecule has 0 aliphatic carbocycles. The number of nitrogens with one attached hydrogen (secondary N) is 1. The zero-order valence-electron chi connectivity index (χ0n) is 14.3. The van der Waals surface area contributed by atoms with Crippen molar-refractivity contribution in [1.29, 1.82) is 0 Å². The standard InChI is InChI=1S/C18H28N2O4/c1-2-3-13-23-18(22)20-16(11-7-8-12-19)17(21)24-14-15-9-5-4-6-10-15/h4-6,9-10,16H,2-3,7-8,11-14,19H2,1H3,(H,20,22)/t16-/m0/s1. The normalized spacial score (nSPS) is 11.6. The number of carbonyl (C=O) groups is 2. The van der Waals surface area contributed by atoms with Crippen LogP contribution in [0.5, 0.6) is 0 Å². The maximum Gasteiger partial charge on any atom is 0.407 e. The smallest absolute Gasteiger partial charge is 0.407 e. The molecule has 1 aromatic rings. The van der Waals surface area contributed by atoms with Crippen LogP contribution >= 0.6 is 0 Å². The van der Waals surface area contributed by atoms with Gasteiger partial charge in [0.25, 0.3) is 0 Å². The summed E-state index contributed by atoms with van der Waals surface area (Å²) in [6.45, 7) is 3.08. The molecule has 24 heavy (non-hydrogen) atoms. The van der Waals surface area contributed by atoms with Crippen LogP contribution in [0.3, 0.4) is 0 Å². The van der Waals surface area contributed by atoms with E-state index in [2.05, 4.69) is 5.32 Å². The van der Waals surface area contributed by atoms with E-state index in [9.17, 15) is 9.59 Å². The lowest BCUT2D eigenvalue weighted by molar-refractivity contribution is -0.147. The van der Waals surface area contributed by atoms with Gasteiger partial charge < -0.3 is 20.5 Å². The Morgan fingerprint density at radius 3 is 2.54 bits per heavy atom. The third-order valence-electron chi connectivity index (χ3n) is 3.48. The molecule has 0 aromatic heterocycles. The zero-order valence-corrected chi connectivity index (χ0v) is 14.3. The van der Waals surface area contributed by atoms with Crippen LogP contribution in [0.2, 0.25) is 0 Å². The molecule has 0 saturated carbocycles. The van der Waals surface area contributed by atoms with Gasteiger partial charge in [-0.2, -0.15) is 0 Å². The second kappa shape index (κ2) is 12.4. The van der Waals surface area contributed by atoms with Crippen LogP contribution in [0, 0.1) is 0 Å². The van der Waals surface area contributed by atoms with Crippen LogP contribution in [0.15, 0.2) is 30.3 Å². The highest BCUT2D eigenvalue weighted by Crippen LogP contribution is 2.07. The summed E-state index contributed by atoms with van der Waals surface area (Å²) in [6, 6.07) is 8.70. The Labute approximate surface area is 143 Å². The van der Waals surface area contributed by atoms with Gasteiger partial charge in [-0.15, -0.1) is 0 Å². The lowest BCUT2D eigenvalue weighted by atomic mass is 10.1. The van der Waals surface area contributed by atoms with E-state index in [1.165, 1.54) is 0 Å². The Morgan fingerprint density at radius 2 is 1.88 bits per heavy atom. The van der Waals surface area contributed by atoms with Crippen LogP contribution in [0.4, 0.5) is 4.79 Å². The van der Waals surface area contributed by atoms with Gasteiger partial charge in [0.2, 0.25) is 0 Å². The number of nitrogens with two attached hydrogens (primary N) is 1. The van der Waals surface area contributed by atoms with E-state index in [0.29, 0.717) is 19.6 Å². The van der Waals surface area contributed by atoms with Crippen molar-refractivity contribution >= 4 is 12.1 Å². The molecule has 0 saturated heterocycles. The highest BCUT2D eigenvalue weighted by Gasteiger charge is 2.22. The minimum Gasteiger partial charge on any atom is -0.459 e. The highest BCUT2D eigenvalue weighted by atomic mass is 16.6. The summed E-state index contributed by atoms with van der Waals surface area (Å²) in [5.41, 5.74) is 6.38. The minimum atomic E-state index is -0.714. The summed E-state index contributed by atoms with van der Waals surface area (Å²) < 4.78 is 10.4. The van der Waals surface area contributed by atoms with Gasteiger partial charge in [-0.3, -0.25) is 0 Å². The summed E-state index contributed by atoms with van der Waals surface area (Å²) in [4.78, 5) is 24.0. The number of alkyl carbamates (subject to hydrolysis) is 1. The molecule has 1 aromatic carbocycles. The number of unbranched alkanes of at least 4 members (excludes halogenated alkanes) is 2. The molecule has 0 fully saturated rings. The monoisotopic (exact) mass is 336 g/mol. The van der Waals surface area contributed by atoms with Crippen molar-refractivity contribution < 1.29 is 19.1 Å². The van der Waals surface area contributed by atoms with Gasteiger partial charge in [0.1, 0.15) is 12.6 Å². The Morgan fingerprint density at radius 1 is 1.12 bits per heavy atom. The average molecular weight is 336 g/mol. The predicted octanol–water partition coefficient (Wildman–Crippen LogP) is 2.75. The topological polar surface area (TPSA) is 90.6 Å². The van der Waals surface area contributed by atoms with Crippen LogP contribution in [0.25, 0.3) is 0 Å². The first-order valence-electron chi connectivity index (χ1n) is 8.51. The van der Waals surface area contributed by atoms with Crippen LogP contribution < -0.4 is 11.1 Å². The van der Waals surface area contributed by atoms with Crippen molar-refractivity contribution in [3.63, 3.8) is 0 Å². The van der Waals surface area contributed by atoms with Gasteiger partial charge in [0.05, 0.1) is 6.61 Å². The van der Waals surface area contributed by atoms with E-state index in [1.807, 2.05) is 37.3 Å². The fraction of sp³-hybridized carbons (Fsp3) is 0.556. The van der Waals surface area contributed by atoms with Gasteiger partial charge >= 0.3 is 12.1 Å². The molecule has 134 valence electrons. The van der Waals surface area contributed by atoms with Gasteiger partial charge in [-0.25, -0.2) is 9.59 Å². The molecule has 0 aliphatic heterocycles. The van der Waals surface area contributed by atoms with E-state index in [0.717, 1.165) is 31.2 Å². The number of rotatable bonds is 11. The summed E-state index contributed by atoms with van der Waals surface area (Å²) in [5, 5.41) is 2.59. The summed E-state index contributed by atoms with van der Waals surface area (Å²) in [6.07, 6.45) is 3.15. The van der Waals surface area contributed by atoms with Crippen molar-refractivity contribution in [2.75, 3.05) is 13.2 Å². The SMILES string of the molecule is CCCCOC(=O)N[C@@H](CCCCN)C(=O)OCc1ccccc1. The molecule has 0 unspecified atom stereocenters. The molecule has 0 heterocycles. The van der Waals surface area contributed by atoms with Crippen molar-refractivity contribution in [1.82, 2.24) is 5.32 Å². The Bertz CT molecular complexity index is 479. The number of ether oxygens (including phenoxy) is 2. The van der Waals surface area contributed by atoms with E-state index in [1.54, 1.807) is 0 Å². The third-order valence-corrected chi connectivity index (χ3v) is 3.48. The number of esters is 1. The first-order valence-corrected chi connectivity index (χ1v) is 8.51. The number of benzene rings is 1. The predicted molar refractivity (Wildman–Crippen MR) is 92.3 cm³/mol. The lowest BCUT2D eigenvalue weighted by Gasteiger charge is -2.17. The largest absolute Gasteiger partial charge is 0.459 e. The fourth-order valence-electron chi connectivity index (χ4n) is 2.06. The molecule has 0 bridgehead atoms. The van der Waals surface area contributed by atoms with E-state index in [-0.39, 0.29) is 6.61 Å². The number of hydrogen-bond acceptors (Lipinski definition) is 5. The second-order valence-electron chi connectivity index (χ2n) is 5.56. The number of hydrogen-bond donors (Lipinski definition) is 2. The Balaban J connectivity index is 2.49. The van der Waals surface area contributed by atoms with Crippen molar-refractivity contribution in [2.24, 2.45) is 5.73 Å². The molecular weight excluding hydrogens is 308 g/mol. The lowest BCUT2D eigenvalue weighted by Crippen LogP contribution is -2.42. The van der Waals surface area contributed by atoms with E-state index in [4.69, 9.17) is 15.2 Å². The van der Waals surface area contributed by atoms with E-state index >= 15 is 0 Å². The van der Waals surface area contributed by atoms with E-state index < -0.39 is 18.1 Å². The number of amides is 1. The van der Waals surface area contributed by atoms with Crippen LogP contribution in [0.1, 0.15) is 44.6 Å². The molecule has 1 amide bonds. The van der Waals surface area contributed by atoms with Crippen molar-refractivity contribution in [3.8, 4) is 0 Å². The van der Waals surface area contributed by atoms with Crippen LogP contribution in [-0.2, 0) is 20.9 Å². The molecule has 1 atom stereocenters. The zero-order chi connectivity index (χ0) is 17.6. The quantitative estimate of drug-likeness (QED) is 0.479. The van der Waals surface area contributed by atoms with Crippen molar-refractivity contribution in [2.45, 2.75) is 51.7 Å². The Kier molecular flexibility index (Phi) is 10.3. The molecular formula is C18H28N2O4. The molecule has 0 aliphatic rings. The van der Waals surface area contributed by atoms with Crippen LogP contribution in [-0.4, -0.2) is 31.3 Å². The first kappa shape index (κ1) is 20.0. The summed E-state index contributed by atoms with van der Waals surface area (Å²) in [7, 11) is 0. The molecule has 0 spiro atoms. The van der Waals surface area contributed by atoms with Gasteiger partial charge in [0.15, 0.2) is 0 Å². The highest BCUT2D eigenvalue weighted by molar-refractivity contribution is 5.81. The molecule has 3 N–H and O–H groups in total. The second-order valence-corrected chi connectivity index (χ2v) is 5.56. The van der Waals surface area contributed by atoms with Gasteiger partial charge in [-0.05, 0) is 37.8 Å². The summed E-state index contributed by atoms with van der Waals surface area (Å²) >= 11 is 0. The minimum absolute atomic E-state index is 0.180. The maximum atomic E-state index is 12.3. The third kappa shape index (κ3) is 8.53. The molecule has 0 radical (unpaired) electrons. The fourth-order valence-corrected chi connectivity index (χ4v) is 2.06. The average Bonchev–Trinajstić information content (AvgIpc) is 2.60. The van der Waals surface area contributed by atoms with Gasteiger partial charge in [-0.1, -0.05) is 43.7 Å². The van der Waals surface area contributed by atoms with Crippen molar-refractivity contribution in [3.05, 3.63) is 35.9 Å². The molecule has 6 heteroatoms.